The van der Waals surface area contributed by atoms with E-state index in [2.05, 4.69) is 0 Å². The summed E-state index contributed by atoms with van der Waals surface area (Å²) in [6, 6.07) is 4.28. The number of hydrogen-bond donors (Lipinski definition) is 2. The normalized spacial score (nSPS) is 13.8. The molecule has 1 unspecified atom stereocenters. The number of carbonyl (C=O) groups excluding carboxylic acids is 3. The van der Waals surface area contributed by atoms with Crippen molar-refractivity contribution in [3.63, 3.8) is 0 Å². The minimum Gasteiger partial charge on any atom is -0.480 e. The number of ether oxygens (including phenoxy) is 3. The molecule has 0 bridgehead atoms. The Morgan fingerprint density at radius 3 is 2.18 bits per heavy atom. The predicted molar refractivity (Wildman–Crippen MR) is 97.8 cm³/mol. The summed E-state index contributed by atoms with van der Waals surface area (Å²) in [7, 11) is 0. The lowest BCUT2D eigenvalue weighted by molar-refractivity contribution is -0.153. The van der Waals surface area contributed by atoms with E-state index in [1.54, 1.807) is 13.8 Å². The molecule has 0 aromatic heterocycles. The van der Waals surface area contributed by atoms with Crippen molar-refractivity contribution in [1.82, 2.24) is 0 Å². The van der Waals surface area contributed by atoms with E-state index in [-0.39, 0.29) is 30.8 Å². The molecule has 1 aromatic carbocycles. The summed E-state index contributed by atoms with van der Waals surface area (Å²) in [5.41, 5.74) is 4.78. The van der Waals surface area contributed by atoms with E-state index >= 15 is 0 Å². The van der Waals surface area contributed by atoms with Gasteiger partial charge in [0.05, 0.1) is 0 Å². The standard InChI is InChI=1S/C19H25NO8/c1-5-17(23)26-11(2)9-19(20,18(24)25)10-14-6-7-15(27-12(3)21)16(8-14)28-13(4)22/h6-8,11H,5,9-10,20H2,1-4H3,(H,24,25)/t11-,19?/m0/s1. The summed E-state index contributed by atoms with van der Waals surface area (Å²) in [4.78, 5) is 45.7. The Morgan fingerprint density at radius 2 is 1.68 bits per heavy atom. The average molecular weight is 395 g/mol. The first-order valence-electron chi connectivity index (χ1n) is 8.68. The number of esters is 3. The average Bonchev–Trinajstić information content (AvgIpc) is 2.55. The lowest BCUT2D eigenvalue weighted by Crippen LogP contribution is -2.52. The van der Waals surface area contributed by atoms with E-state index in [9.17, 15) is 24.3 Å². The van der Waals surface area contributed by atoms with E-state index in [1.165, 1.54) is 32.0 Å². The molecule has 0 amide bonds. The molecule has 0 saturated carbocycles. The topological polar surface area (TPSA) is 142 Å². The van der Waals surface area contributed by atoms with E-state index in [0.29, 0.717) is 5.56 Å². The number of hydrogen-bond acceptors (Lipinski definition) is 8. The third kappa shape index (κ3) is 6.99. The molecule has 9 nitrogen and oxygen atoms in total. The van der Waals surface area contributed by atoms with Crippen LogP contribution in [-0.2, 0) is 30.3 Å². The van der Waals surface area contributed by atoms with Gasteiger partial charge < -0.3 is 25.1 Å². The molecule has 2 atom stereocenters. The molecule has 1 aromatic rings. The number of aliphatic carboxylic acids is 1. The number of rotatable bonds is 9. The Hall–Kier alpha value is -2.94. The van der Waals surface area contributed by atoms with Gasteiger partial charge in [0, 0.05) is 33.1 Å². The lowest BCUT2D eigenvalue weighted by Gasteiger charge is -2.28. The fourth-order valence-electron chi connectivity index (χ4n) is 2.60. The highest BCUT2D eigenvalue weighted by Gasteiger charge is 2.37. The van der Waals surface area contributed by atoms with Gasteiger partial charge in [-0.1, -0.05) is 13.0 Å². The lowest BCUT2D eigenvalue weighted by atomic mass is 9.86. The fraction of sp³-hybridized carbons (Fsp3) is 0.474. The molecule has 9 heteroatoms. The largest absolute Gasteiger partial charge is 0.480 e. The van der Waals surface area contributed by atoms with Gasteiger partial charge in [0.25, 0.3) is 0 Å². The molecule has 0 radical (unpaired) electrons. The van der Waals surface area contributed by atoms with Crippen LogP contribution < -0.4 is 15.2 Å². The SMILES string of the molecule is CCC(=O)O[C@@H](C)CC(N)(Cc1ccc(OC(C)=O)c(OC(C)=O)c1)C(=O)O. The van der Waals surface area contributed by atoms with Crippen LogP contribution in [0.25, 0.3) is 0 Å². The van der Waals surface area contributed by atoms with E-state index in [4.69, 9.17) is 19.9 Å². The number of carboxylic acid groups (broad SMARTS) is 1. The van der Waals surface area contributed by atoms with Gasteiger partial charge in [0.1, 0.15) is 11.6 Å². The Balaban J connectivity index is 3.11. The Labute approximate surface area is 162 Å². The minimum absolute atomic E-state index is 0.0228. The van der Waals surface area contributed by atoms with Gasteiger partial charge in [-0.3, -0.25) is 19.2 Å². The maximum Gasteiger partial charge on any atom is 0.324 e. The highest BCUT2D eigenvalue weighted by Crippen LogP contribution is 2.31. The molecule has 0 heterocycles. The van der Waals surface area contributed by atoms with Crippen LogP contribution in [0.3, 0.4) is 0 Å². The molecule has 154 valence electrons. The number of nitrogens with two attached hydrogens (primary N) is 1. The fourth-order valence-corrected chi connectivity index (χ4v) is 2.60. The molecule has 0 aliphatic heterocycles. The van der Waals surface area contributed by atoms with Crippen LogP contribution in [0, 0.1) is 0 Å². The minimum atomic E-state index is -1.73. The van der Waals surface area contributed by atoms with E-state index in [1.807, 2.05) is 0 Å². The molecule has 0 aliphatic rings. The van der Waals surface area contributed by atoms with Crippen molar-refractivity contribution in [2.45, 2.75) is 58.6 Å². The highest BCUT2D eigenvalue weighted by atomic mass is 16.6. The smallest absolute Gasteiger partial charge is 0.324 e. The molecular formula is C19H25NO8. The van der Waals surface area contributed by atoms with Gasteiger partial charge in [-0.15, -0.1) is 0 Å². The first-order valence-corrected chi connectivity index (χ1v) is 8.68. The van der Waals surface area contributed by atoms with Crippen LogP contribution >= 0.6 is 0 Å². The quantitative estimate of drug-likeness (QED) is 0.471. The maximum absolute atomic E-state index is 11.8. The summed E-state index contributed by atoms with van der Waals surface area (Å²) >= 11 is 0. The van der Waals surface area contributed by atoms with Crippen molar-refractivity contribution < 1.29 is 38.5 Å². The second-order valence-electron chi connectivity index (χ2n) is 6.46. The van der Waals surface area contributed by atoms with Crippen LogP contribution in [0.1, 0.15) is 46.1 Å². The van der Waals surface area contributed by atoms with Crippen LogP contribution in [0.2, 0.25) is 0 Å². The summed E-state index contributed by atoms with van der Waals surface area (Å²) < 4.78 is 15.1. The zero-order chi connectivity index (χ0) is 21.5. The third-order valence-corrected chi connectivity index (χ3v) is 3.73. The van der Waals surface area contributed by atoms with Crippen molar-refractivity contribution in [3.8, 4) is 11.5 Å². The van der Waals surface area contributed by atoms with Gasteiger partial charge in [-0.25, -0.2) is 0 Å². The second kappa shape index (κ2) is 9.84. The van der Waals surface area contributed by atoms with Crippen molar-refractivity contribution in [3.05, 3.63) is 23.8 Å². The van der Waals surface area contributed by atoms with E-state index < -0.39 is 35.5 Å². The second-order valence-corrected chi connectivity index (χ2v) is 6.46. The molecule has 1 rings (SSSR count). The number of carboxylic acids is 1. The monoisotopic (exact) mass is 395 g/mol. The van der Waals surface area contributed by atoms with E-state index in [0.717, 1.165) is 0 Å². The number of benzene rings is 1. The van der Waals surface area contributed by atoms with Crippen molar-refractivity contribution >= 4 is 23.9 Å². The van der Waals surface area contributed by atoms with Crippen molar-refractivity contribution in [2.24, 2.45) is 5.73 Å². The summed E-state index contributed by atoms with van der Waals surface area (Å²) in [5.74, 6) is -2.98. The first kappa shape index (κ1) is 23.1. The Morgan fingerprint density at radius 1 is 1.11 bits per heavy atom. The summed E-state index contributed by atoms with van der Waals surface area (Å²) in [6.07, 6.45) is -0.798. The van der Waals surface area contributed by atoms with Gasteiger partial charge >= 0.3 is 23.9 Å². The summed E-state index contributed by atoms with van der Waals surface area (Å²) in [5, 5.41) is 9.60. The van der Waals surface area contributed by atoms with Crippen LogP contribution in [0.5, 0.6) is 11.5 Å². The zero-order valence-electron chi connectivity index (χ0n) is 16.3. The van der Waals surface area contributed by atoms with Gasteiger partial charge in [0.2, 0.25) is 0 Å². The molecule has 0 saturated heterocycles. The van der Waals surface area contributed by atoms with Gasteiger partial charge in [-0.05, 0) is 24.6 Å². The molecule has 0 spiro atoms. The molecule has 28 heavy (non-hydrogen) atoms. The molecule has 3 N–H and O–H groups in total. The van der Waals surface area contributed by atoms with Crippen molar-refractivity contribution in [1.29, 1.82) is 0 Å². The van der Waals surface area contributed by atoms with Crippen molar-refractivity contribution in [2.75, 3.05) is 0 Å². The molecule has 0 fully saturated rings. The first-order chi connectivity index (χ1) is 13.0. The Bertz CT molecular complexity index is 760. The molecular weight excluding hydrogens is 370 g/mol. The van der Waals surface area contributed by atoms with Gasteiger partial charge in [0.15, 0.2) is 11.5 Å². The Kier molecular flexibility index (Phi) is 8.12. The molecule has 0 aliphatic carbocycles. The maximum atomic E-state index is 11.8. The van der Waals surface area contributed by atoms with Crippen LogP contribution in [-0.4, -0.2) is 40.6 Å². The summed E-state index contributed by atoms with van der Waals surface area (Å²) in [6.45, 7) is 5.56. The predicted octanol–water partition coefficient (Wildman–Crippen LogP) is 1.59. The van der Waals surface area contributed by atoms with Crippen LogP contribution in [0.15, 0.2) is 18.2 Å². The van der Waals surface area contributed by atoms with Crippen LogP contribution in [0.4, 0.5) is 0 Å². The van der Waals surface area contributed by atoms with Gasteiger partial charge in [-0.2, -0.15) is 0 Å². The zero-order valence-corrected chi connectivity index (χ0v) is 16.3. The highest BCUT2D eigenvalue weighted by molar-refractivity contribution is 5.79. The third-order valence-electron chi connectivity index (χ3n) is 3.73. The number of carbonyl (C=O) groups is 4.